The highest BCUT2D eigenvalue weighted by Crippen LogP contribution is 2.49. The molecule has 1 saturated carbocycles. The van der Waals surface area contributed by atoms with Gasteiger partial charge in [0.05, 0.1) is 5.56 Å². The minimum atomic E-state index is -0.417. The van der Waals surface area contributed by atoms with Gasteiger partial charge in [0.15, 0.2) is 0 Å². The summed E-state index contributed by atoms with van der Waals surface area (Å²) in [5, 5.41) is 11.1. The molecule has 0 bridgehead atoms. The zero-order valence-electron chi connectivity index (χ0n) is 15.0. The van der Waals surface area contributed by atoms with Gasteiger partial charge in [-0.3, -0.25) is 0 Å². The number of nitrogen functional groups attached to an aromatic ring is 2. The van der Waals surface area contributed by atoms with E-state index in [0.29, 0.717) is 28.6 Å². The van der Waals surface area contributed by atoms with Gasteiger partial charge in [-0.25, -0.2) is 4.79 Å². The van der Waals surface area contributed by atoms with E-state index in [0.717, 1.165) is 62.5 Å². The fourth-order valence-corrected chi connectivity index (χ4v) is 4.28. The molecule has 2 aliphatic carbocycles. The molecule has 5 N–H and O–H groups in total. The van der Waals surface area contributed by atoms with Crippen molar-refractivity contribution in [2.45, 2.75) is 57.3 Å². The fraction of sp³-hybridized carbons (Fsp3) is 0.476. The average molecular weight is 354 g/mol. The van der Waals surface area contributed by atoms with Crippen molar-refractivity contribution < 1.29 is 9.52 Å². The van der Waals surface area contributed by atoms with Crippen molar-refractivity contribution in [3.63, 3.8) is 0 Å². The van der Waals surface area contributed by atoms with Crippen LogP contribution in [0.5, 0.6) is 5.75 Å². The molecular formula is C21H26N2O3. The normalized spacial score (nSPS) is 18.6. The Hall–Kier alpha value is -2.43. The number of anilines is 2. The Kier molecular flexibility index (Phi) is 4.39. The van der Waals surface area contributed by atoms with E-state index in [1.165, 1.54) is 0 Å². The summed E-state index contributed by atoms with van der Waals surface area (Å²) in [5.41, 5.74) is 14.8. The van der Waals surface area contributed by atoms with E-state index in [-0.39, 0.29) is 11.7 Å². The molecule has 138 valence electrons. The summed E-state index contributed by atoms with van der Waals surface area (Å²) >= 11 is 0. The number of nitrogens with two attached hydrogens (primary N) is 2. The van der Waals surface area contributed by atoms with Crippen LogP contribution in [0.1, 0.15) is 66.9 Å². The van der Waals surface area contributed by atoms with Crippen LogP contribution in [-0.2, 0) is 12.8 Å². The van der Waals surface area contributed by atoms with Gasteiger partial charge in [-0.1, -0.05) is 12.8 Å². The highest BCUT2D eigenvalue weighted by molar-refractivity contribution is 5.58. The van der Waals surface area contributed by atoms with E-state index in [4.69, 9.17) is 15.9 Å². The number of rotatable bonds is 3. The molecule has 1 aromatic heterocycles. The standard InChI is InChI=1S/C21H26N2O3/c22-14-9-13(10-15(23)11-14)18(12-7-8-12)19-20(24)16-5-3-1-2-4-6-17(16)26-21(19)25/h9-12,18,24H,1-8,22-23H2. The molecule has 0 spiro atoms. The van der Waals surface area contributed by atoms with E-state index in [1.807, 2.05) is 12.1 Å². The van der Waals surface area contributed by atoms with Gasteiger partial charge in [-0.15, -0.1) is 0 Å². The summed E-state index contributed by atoms with van der Waals surface area (Å²) in [6.07, 6.45) is 7.81. The van der Waals surface area contributed by atoms with Gasteiger partial charge in [0.1, 0.15) is 11.5 Å². The molecule has 0 amide bonds. The summed E-state index contributed by atoms with van der Waals surface area (Å²) in [5.74, 6) is 0.901. The number of hydrogen-bond donors (Lipinski definition) is 3. The minimum Gasteiger partial charge on any atom is -0.507 e. The summed E-state index contributed by atoms with van der Waals surface area (Å²) in [7, 11) is 0. The van der Waals surface area contributed by atoms with Crippen molar-refractivity contribution in [1.29, 1.82) is 0 Å². The summed E-state index contributed by atoms with van der Waals surface area (Å²) < 4.78 is 5.71. The van der Waals surface area contributed by atoms with Crippen LogP contribution in [0.4, 0.5) is 11.4 Å². The number of benzene rings is 1. The first-order chi connectivity index (χ1) is 12.5. The Labute approximate surface area is 153 Å². The van der Waals surface area contributed by atoms with E-state index < -0.39 is 5.63 Å². The topological polar surface area (TPSA) is 102 Å². The second-order valence-electron chi connectivity index (χ2n) is 7.72. The SMILES string of the molecule is Nc1cc(N)cc(C(c2c(O)c3c(oc2=O)CCCCCC3)C2CC2)c1. The molecule has 0 aliphatic heterocycles. The van der Waals surface area contributed by atoms with Crippen molar-refractivity contribution in [1.82, 2.24) is 0 Å². The predicted octanol–water partition coefficient (Wildman–Crippen LogP) is 3.71. The number of hydrogen-bond acceptors (Lipinski definition) is 5. The molecular weight excluding hydrogens is 328 g/mol. The lowest BCUT2D eigenvalue weighted by atomic mass is 9.85. The second kappa shape index (κ2) is 6.71. The third-order valence-electron chi connectivity index (χ3n) is 5.66. The largest absolute Gasteiger partial charge is 0.507 e. The Balaban J connectivity index is 1.86. The first-order valence-electron chi connectivity index (χ1n) is 9.58. The first kappa shape index (κ1) is 17.0. The maximum Gasteiger partial charge on any atom is 0.343 e. The molecule has 1 aromatic carbocycles. The van der Waals surface area contributed by atoms with Crippen LogP contribution in [0.3, 0.4) is 0 Å². The molecule has 26 heavy (non-hydrogen) atoms. The van der Waals surface area contributed by atoms with Gasteiger partial charge < -0.3 is 21.0 Å². The molecule has 2 aromatic rings. The Morgan fingerprint density at radius 1 is 1.00 bits per heavy atom. The molecule has 4 rings (SSSR count). The molecule has 5 nitrogen and oxygen atoms in total. The summed E-state index contributed by atoms with van der Waals surface area (Å²) in [4.78, 5) is 12.8. The van der Waals surface area contributed by atoms with Crippen molar-refractivity contribution in [2.75, 3.05) is 11.5 Å². The molecule has 2 aliphatic rings. The zero-order valence-corrected chi connectivity index (χ0v) is 15.0. The van der Waals surface area contributed by atoms with E-state index in [2.05, 4.69) is 0 Å². The first-order valence-corrected chi connectivity index (χ1v) is 9.58. The van der Waals surface area contributed by atoms with Gasteiger partial charge in [0.2, 0.25) is 0 Å². The number of aromatic hydroxyl groups is 1. The van der Waals surface area contributed by atoms with Gasteiger partial charge in [0, 0.05) is 29.3 Å². The predicted molar refractivity (Wildman–Crippen MR) is 102 cm³/mol. The Morgan fingerprint density at radius 2 is 1.65 bits per heavy atom. The molecule has 1 fully saturated rings. The van der Waals surface area contributed by atoms with Crippen LogP contribution in [0.25, 0.3) is 0 Å². The van der Waals surface area contributed by atoms with E-state index in [1.54, 1.807) is 6.07 Å². The van der Waals surface area contributed by atoms with Gasteiger partial charge in [-0.05, 0) is 61.8 Å². The minimum absolute atomic E-state index is 0.135. The molecule has 1 unspecified atom stereocenters. The van der Waals surface area contributed by atoms with E-state index >= 15 is 0 Å². The number of aryl methyl sites for hydroxylation is 1. The molecule has 0 radical (unpaired) electrons. The third kappa shape index (κ3) is 3.18. The van der Waals surface area contributed by atoms with Crippen molar-refractivity contribution in [3.8, 4) is 5.75 Å². The van der Waals surface area contributed by atoms with Gasteiger partial charge in [0.25, 0.3) is 0 Å². The quantitative estimate of drug-likeness (QED) is 0.729. The van der Waals surface area contributed by atoms with Crippen LogP contribution >= 0.6 is 0 Å². The third-order valence-corrected chi connectivity index (χ3v) is 5.66. The summed E-state index contributed by atoms with van der Waals surface area (Å²) in [6.45, 7) is 0. The Morgan fingerprint density at radius 3 is 2.31 bits per heavy atom. The van der Waals surface area contributed by atoms with Gasteiger partial charge >= 0.3 is 5.63 Å². The monoisotopic (exact) mass is 354 g/mol. The van der Waals surface area contributed by atoms with Crippen molar-refractivity contribution >= 4 is 11.4 Å². The van der Waals surface area contributed by atoms with Crippen LogP contribution in [0.15, 0.2) is 27.4 Å². The second-order valence-corrected chi connectivity index (χ2v) is 7.72. The maximum absolute atomic E-state index is 12.8. The Bertz CT molecular complexity index is 863. The van der Waals surface area contributed by atoms with Crippen LogP contribution in [-0.4, -0.2) is 5.11 Å². The fourth-order valence-electron chi connectivity index (χ4n) is 4.28. The van der Waals surface area contributed by atoms with Gasteiger partial charge in [-0.2, -0.15) is 0 Å². The lowest BCUT2D eigenvalue weighted by molar-refractivity contribution is 0.382. The molecule has 1 atom stereocenters. The molecule has 0 saturated heterocycles. The smallest absolute Gasteiger partial charge is 0.343 e. The molecule has 5 heteroatoms. The summed E-state index contributed by atoms with van der Waals surface area (Å²) in [6, 6.07) is 5.42. The van der Waals surface area contributed by atoms with Crippen LogP contribution in [0.2, 0.25) is 0 Å². The zero-order chi connectivity index (χ0) is 18.3. The maximum atomic E-state index is 12.8. The lowest BCUT2D eigenvalue weighted by Gasteiger charge is -2.22. The molecule has 1 heterocycles. The number of fused-ring (bicyclic) bond motifs is 1. The van der Waals surface area contributed by atoms with E-state index in [9.17, 15) is 9.90 Å². The highest BCUT2D eigenvalue weighted by Gasteiger charge is 2.38. The van der Waals surface area contributed by atoms with Crippen LogP contribution < -0.4 is 17.1 Å². The van der Waals surface area contributed by atoms with Crippen LogP contribution in [0, 0.1) is 5.92 Å². The van der Waals surface area contributed by atoms with Crippen molar-refractivity contribution in [3.05, 3.63) is 51.1 Å². The van der Waals surface area contributed by atoms with Crippen molar-refractivity contribution in [2.24, 2.45) is 5.92 Å². The highest BCUT2D eigenvalue weighted by atomic mass is 16.4. The lowest BCUT2D eigenvalue weighted by Crippen LogP contribution is -2.19. The average Bonchev–Trinajstić information content (AvgIpc) is 3.37.